The van der Waals surface area contributed by atoms with Gasteiger partial charge in [0.05, 0.1) is 28.3 Å². The largest absolute Gasteiger partial charge is 0.392 e. The van der Waals surface area contributed by atoms with Crippen LogP contribution in [0.5, 0.6) is 0 Å². The van der Waals surface area contributed by atoms with E-state index in [1.807, 2.05) is 0 Å². The van der Waals surface area contributed by atoms with Gasteiger partial charge in [0.15, 0.2) is 0 Å². The molecule has 1 heterocycles. The van der Waals surface area contributed by atoms with E-state index in [0.29, 0.717) is 0 Å². The van der Waals surface area contributed by atoms with E-state index in [2.05, 4.69) is 0 Å². The highest BCUT2D eigenvalue weighted by atomic mass is 32.2. The van der Waals surface area contributed by atoms with Gasteiger partial charge in [0.2, 0.25) is 10.0 Å². The summed E-state index contributed by atoms with van der Waals surface area (Å²) in [5.74, 6) is -0.147. The average Bonchev–Trinajstić information content (AvgIpc) is 2.24. The molecular weight excluding hydrogens is 308 g/mol. The number of nitrogens with two attached hydrogens (primary N) is 1. The van der Waals surface area contributed by atoms with Gasteiger partial charge in [-0.2, -0.15) is 4.31 Å². The predicted octanol–water partition coefficient (Wildman–Crippen LogP) is -0.110. The maximum atomic E-state index is 12.5. The van der Waals surface area contributed by atoms with Gasteiger partial charge < -0.3 is 5.73 Å². The van der Waals surface area contributed by atoms with Crippen molar-refractivity contribution in [2.75, 3.05) is 18.1 Å². The lowest BCUT2D eigenvalue weighted by molar-refractivity contribution is 0.381. The van der Waals surface area contributed by atoms with Crippen molar-refractivity contribution in [1.82, 2.24) is 4.31 Å². The molecule has 1 rings (SSSR count). The van der Waals surface area contributed by atoms with Crippen molar-refractivity contribution >= 4 is 37.1 Å². The summed E-state index contributed by atoms with van der Waals surface area (Å²) in [6.07, 6.45) is 0.288. The van der Waals surface area contributed by atoms with Crippen LogP contribution >= 0.6 is 12.2 Å². The Bertz CT molecular complexity index is 525. The summed E-state index contributed by atoms with van der Waals surface area (Å²) in [7, 11) is -6.65. The van der Waals surface area contributed by atoms with Crippen molar-refractivity contribution in [1.29, 1.82) is 0 Å². The Morgan fingerprint density at radius 1 is 1.37 bits per heavy atom. The molecule has 0 aromatic heterocycles. The Kier molecular flexibility index (Phi) is 5.33. The minimum Gasteiger partial charge on any atom is -0.392 e. The normalized spacial score (nSPS) is 20.8. The summed E-state index contributed by atoms with van der Waals surface area (Å²) >= 11 is 4.77. The highest BCUT2D eigenvalue weighted by molar-refractivity contribution is 7.92. The second kappa shape index (κ2) is 6.02. The zero-order chi connectivity index (χ0) is 14.8. The molecule has 0 aromatic rings. The van der Waals surface area contributed by atoms with Crippen molar-refractivity contribution in [3.8, 4) is 0 Å². The van der Waals surface area contributed by atoms with E-state index in [9.17, 15) is 16.8 Å². The van der Waals surface area contributed by atoms with Gasteiger partial charge in [-0.15, -0.1) is 0 Å². The van der Waals surface area contributed by atoms with Crippen LogP contribution < -0.4 is 5.73 Å². The summed E-state index contributed by atoms with van der Waals surface area (Å²) < 4.78 is 49.0. The lowest BCUT2D eigenvalue weighted by atomic mass is 10.2. The Hall–Kier alpha value is -0.250. The van der Waals surface area contributed by atoms with E-state index in [-0.39, 0.29) is 41.9 Å². The van der Waals surface area contributed by atoms with Gasteiger partial charge >= 0.3 is 0 Å². The van der Waals surface area contributed by atoms with E-state index in [4.69, 9.17) is 18.0 Å². The molecule has 1 aliphatic rings. The first kappa shape index (κ1) is 16.8. The first-order chi connectivity index (χ1) is 8.56. The van der Waals surface area contributed by atoms with Crippen molar-refractivity contribution in [3.05, 3.63) is 0 Å². The van der Waals surface area contributed by atoms with Gasteiger partial charge in [0.1, 0.15) is 9.84 Å². The Morgan fingerprint density at radius 2 is 1.84 bits per heavy atom. The maximum absolute atomic E-state index is 12.5. The van der Waals surface area contributed by atoms with Crippen LogP contribution in [-0.2, 0) is 19.9 Å². The summed E-state index contributed by atoms with van der Waals surface area (Å²) in [5.41, 5.74) is 5.43. The Balaban J connectivity index is 2.92. The van der Waals surface area contributed by atoms with Crippen LogP contribution in [0.1, 0.15) is 26.7 Å². The summed E-state index contributed by atoms with van der Waals surface area (Å²) in [6.45, 7) is 3.49. The SMILES string of the molecule is CC(C)N(CC(N)=S)S(=O)(=O)C1CCS(=O)(=O)CC1. The number of hydrogen-bond acceptors (Lipinski definition) is 5. The van der Waals surface area contributed by atoms with Crippen LogP contribution in [-0.4, -0.2) is 55.5 Å². The Morgan fingerprint density at radius 3 is 2.21 bits per heavy atom. The van der Waals surface area contributed by atoms with Crippen LogP contribution in [0.2, 0.25) is 0 Å². The summed E-state index contributed by atoms with van der Waals surface area (Å²) in [5, 5.41) is -0.659. The average molecular weight is 328 g/mol. The van der Waals surface area contributed by atoms with Crippen LogP contribution in [0.25, 0.3) is 0 Å². The molecule has 1 saturated heterocycles. The smallest absolute Gasteiger partial charge is 0.217 e. The second-order valence-electron chi connectivity index (χ2n) is 5.00. The third-order valence-electron chi connectivity index (χ3n) is 3.14. The monoisotopic (exact) mass is 328 g/mol. The molecule has 0 atom stereocenters. The third-order valence-corrected chi connectivity index (χ3v) is 7.50. The molecule has 0 aliphatic carbocycles. The van der Waals surface area contributed by atoms with Crippen molar-refractivity contribution in [3.63, 3.8) is 0 Å². The van der Waals surface area contributed by atoms with E-state index in [1.54, 1.807) is 13.8 Å². The molecule has 0 amide bonds. The quantitative estimate of drug-likeness (QED) is 0.707. The van der Waals surface area contributed by atoms with Gasteiger partial charge in [0, 0.05) is 6.04 Å². The van der Waals surface area contributed by atoms with E-state index < -0.39 is 25.1 Å². The molecule has 0 bridgehead atoms. The third kappa shape index (κ3) is 4.37. The van der Waals surface area contributed by atoms with Gasteiger partial charge in [-0.3, -0.25) is 0 Å². The molecule has 0 aromatic carbocycles. The highest BCUT2D eigenvalue weighted by Gasteiger charge is 2.37. The first-order valence-corrected chi connectivity index (χ1v) is 9.79. The van der Waals surface area contributed by atoms with E-state index in [1.165, 1.54) is 4.31 Å². The summed E-state index contributed by atoms with van der Waals surface area (Å²) in [4.78, 5) is 0.112. The van der Waals surface area contributed by atoms with Crippen LogP contribution in [0.4, 0.5) is 0 Å². The number of sulfonamides is 1. The molecule has 0 unspecified atom stereocenters. The van der Waals surface area contributed by atoms with Crippen molar-refractivity contribution < 1.29 is 16.8 Å². The zero-order valence-corrected chi connectivity index (χ0v) is 13.5. The summed E-state index contributed by atoms with van der Waals surface area (Å²) in [6, 6.07) is -0.259. The van der Waals surface area contributed by atoms with Crippen LogP contribution in [0, 0.1) is 0 Å². The standard InChI is InChI=1S/C10H20N2O4S3/c1-8(2)12(7-10(11)17)19(15,16)9-3-5-18(13,14)6-4-9/h8-9H,3-7H2,1-2H3,(H2,11,17). The molecule has 0 spiro atoms. The number of nitrogens with zero attached hydrogens (tertiary/aromatic N) is 1. The minimum absolute atomic E-state index is 0.00141. The second-order valence-corrected chi connectivity index (χ2v) is 10.00. The molecule has 0 radical (unpaired) electrons. The minimum atomic E-state index is -3.57. The molecular formula is C10H20N2O4S3. The fraction of sp³-hybridized carbons (Fsp3) is 0.900. The fourth-order valence-electron chi connectivity index (χ4n) is 2.08. The van der Waals surface area contributed by atoms with E-state index in [0.717, 1.165) is 0 Å². The van der Waals surface area contributed by atoms with Gasteiger partial charge in [0.25, 0.3) is 0 Å². The van der Waals surface area contributed by atoms with Crippen molar-refractivity contribution in [2.24, 2.45) is 5.73 Å². The molecule has 1 fully saturated rings. The molecule has 1 aliphatic heterocycles. The number of rotatable bonds is 5. The maximum Gasteiger partial charge on any atom is 0.217 e. The lowest BCUT2D eigenvalue weighted by Gasteiger charge is -2.31. The van der Waals surface area contributed by atoms with Crippen LogP contribution in [0.15, 0.2) is 0 Å². The van der Waals surface area contributed by atoms with Gasteiger partial charge in [-0.1, -0.05) is 12.2 Å². The topological polar surface area (TPSA) is 97.5 Å². The molecule has 112 valence electrons. The number of hydrogen-bond donors (Lipinski definition) is 1. The molecule has 2 N–H and O–H groups in total. The first-order valence-electron chi connectivity index (χ1n) is 6.05. The number of sulfone groups is 1. The van der Waals surface area contributed by atoms with Gasteiger partial charge in [-0.25, -0.2) is 16.8 Å². The van der Waals surface area contributed by atoms with Crippen LogP contribution in [0.3, 0.4) is 0 Å². The lowest BCUT2D eigenvalue weighted by Crippen LogP contribution is -2.48. The molecule has 9 heteroatoms. The van der Waals surface area contributed by atoms with E-state index >= 15 is 0 Å². The Labute approximate surface area is 120 Å². The molecule has 19 heavy (non-hydrogen) atoms. The zero-order valence-electron chi connectivity index (χ0n) is 11.1. The molecule has 6 nitrogen and oxygen atoms in total. The highest BCUT2D eigenvalue weighted by Crippen LogP contribution is 2.23. The van der Waals surface area contributed by atoms with Gasteiger partial charge in [-0.05, 0) is 26.7 Å². The van der Waals surface area contributed by atoms with Crippen molar-refractivity contribution in [2.45, 2.75) is 38.0 Å². The fourth-order valence-corrected chi connectivity index (χ4v) is 6.21. The predicted molar refractivity (Wildman–Crippen MR) is 79.2 cm³/mol. The number of thiocarbonyl (C=S) groups is 1. The molecule has 0 saturated carbocycles.